The van der Waals surface area contributed by atoms with Gasteiger partial charge in [0.05, 0.1) is 0 Å². The average molecular weight is 278 g/mol. The van der Waals surface area contributed by atoms with Crippen molar-refractivity contribution >= 4 is 0 Å². The zero-order valence-corrected chi connectivity index (χ0v) is 13.7. The lowest BCUT2D eigenvalue weighted by Crippen LogP contribution is -2.53. The van der Waals surface area contributed by atoms with Gasteiger partial charge in [0.15, 0.2) is 0 Å². The normalized spacial score (nSPS) is 23.7. The molecule has 0 aliphatic heterocycles. The van der Waals surface area contributed by atoms with Gasteiger partial charge in [0.25, 0.3) is 0 Å². The van der Waals surface area contributed by atoms with Gasteiger partial charge < -0.3 is 5.73 Å². The number of aromatic nitrogens is 3. The van der Waals surface area contributed by atoms with Crippen LogP contribution in [0.15, 0.2) is 6.33 Å². The predicted octanol–water partition coefficient (Wildman–Crippen LogP) is 3.16. The molecule has 0 bridgehead atoms. The topological polar surface area (TPSA) is 56.7 Å². The van der Waals surface area contributed by atoms with E-state index in [1.165, 1.54) is 6.42 Å². The lowest BCUT2D eigenvalue weighted by Gasteiger charge is -2.50. The summed E-state index contributed by atoms with van der Waals surface area (Å²) >= 11 is 0. The highest BCUT2D eigenvalue weighted by Gasteiger charge is 2.45. The molecule has 0 unspecified atom stereocenters. The molecular weight excluding hydrogens is 248 g/mol. The standard InChI is InChI=1S/C16H30N4/c1-6-7-20-13(18-12-19-20)8-16(17)10-14(2,3)9-15(4,5)11-16/h12H,6-11,17H2,1-5H3. The summed E-state index contributed by atoms with van der Waals surface area (Å²) in [6.45, 7) is 12.5. The zero-order valence-electron chi connectivity index (χ0n) is 13.7. The summed E-state index contributed by atoms with van der Waals surface area (Å²) in [5.41, 5.74) is 7.22. The van der Waals surface area contributed by atoms with Crippen molar-refractivity contribution in [1.82, 2.24) is 14.8 Å². The Hall–Kier alpha value is -0.900. The minimum atomic E-state index is -0.163. The Morgan fingerprint density at radius 3 is 2.30 bits per heavy atom. The molecule has 1 fully saturated rings. The molecule has 1 saturated carbocycles. The molecule has 2 rings (SSSR count). The summed E-state index contributed by atoms with van der Waals surface area (Å²) in [7, 11) is 0. The van der Waals surface area contributed by atoms with E-state index in [0.29, 0.717) is 10.8 Å². The molecule has 1 aromatic heterocycles. The molecule has 20 heavy (non-hydrogen) atoms. The van der Waals surface area contributed by atoms with E-state index in [4.69, 9.17) is 5.73 Å². The van der Waals surface area contributed by atoms with Gasteiger partial charge in [0, 0.05) is 18.5 Å². The summed E-state index contributed by atoms with van der Waals surface area (Å²) < 4.78 is 2.02. The van der Waals surface area contributed by atoms with Crippen LogP contribution in [0.1, 0.15) is 66.1 Å². The SMILES string of the molecule is CCCn1ncnc1CC1(N)CC(C)(C)CC(C)(C)C1. The maximum atomic E-state index is 6.79. The van der Waals surface area contributed by atoms with Crippen LogP contribution in [0.2, 0.25) is 0 Å². The molecule has 4 heteroatoms. The van der Waals surface area contributed by atoms with Crippen molar-refractivity contribution in [2.45, 2.75) is 78.8 Å². The lowest BCUT2D eigenvalue weighted by molar-refractivity contribution is 0.0473. The van der Waals surface area contributed by atoms with E-state index in [9.17, 15) is 0 Å². The minimum Gasteiger partial charge on any atom is -0.325 e. The van der Waals surface area contributed by atoms with E-state index in [2.05, 4.69) is 44.7 Å². The summed E-state index contributed by atoms with van der Waals surface area (Å²) in [5, 5.41) is 4.33. The Morgan fingerprint density at radius 1 is 1.15 bits per heavy atom. The fraction of sp³-hybridized carbons (Fsp3) is 0.875. The average Bonchev–Trinajstić information content (AvgIpc) is 2.59. The third-order valence-electron chi connectivity index (χ3n) is 4.26. The zero-order chi connectivity index (χ0) is 15.0. The first-order valence-electron chi connectivity index (χ1n) is 7.80. The fourth-order valence-electron chi connectivity index (χ4n) is 4.65. The second-order valence-corrected chi connectivity index (χ2v) is 8.30. The maximum absolute atomic E-state index is 6.79. The second kappa shape index (κ2) is 5.14. The molecule has 0 atom stereocenters. The van der Waals surface area contributed by atoms with Gasteiger partial charge in [-0.1, -0.05) is 34.6 Å². The predicted molar refractivity (Wildman–Crippen MR) is 82.3 cm³/mol. The molecule has 1 aliphatic rings. The molecule has 0 radical (unpaired) electrons. The smallest absolute Gasteiger partial charge is 0.138 e. The third-order valence-corrected chi connectivity index (χ3v) is 4.26. The summed E-state index contributed by atoms with van der Waals surface area (Å²) in [6.07, 6.45) is 6.92. The quantitative estimate of drug-likeness (QED) is 0.920. The van der Waals surface area contributed by atoms with Crippen molar-refractivity contribution in [3.63, 3.8) is 0 Å². The van der Waals surface area contributed by atoms with Crippen molar-refractivity contribution in [2.75, 3.05) is 0 Å². The van der Waals surface area contributed by atoms with Gasteiger partial charge in [0.1, 0.15) is 12.2 Å². The molecule has 1 aliphatic carbocycles. The highest BCUT2D eigenvalue weighted by atomic mass is 15.3. The Kier molecular flexibility index (Phi) is 3.98. The second-order valence-electron chi connectivity index (χ2n) is 8.30. The first-order chi connectivity index (χ1) is 9.15. The van der Waals surface area contributed by atoms with Crippen LogP contribution < -0.4 is 5.73 Å². The van der Waals surface area contributed by atoms with Crippen LogP contribution >= 0.6 is 0 Å². The molecule has 0 spiro atoms. The van der Waals surface area contributed by atoms with Crippen molar-refractivity contribution < 1.29 is 0 Å². The fourth-order valence-corrected chi connectivity index (χ4v) is 4.65. The molecule has 114 valence electrons. The lowest BCUT2D eigenvalue weighted by atomic mass is 9.58. The van der Waals surface area contributed by atoms with E-state index in [1.54, 1.807) is 6.33 Å². The minimum absolute atomic E-state index is 0.163. The van der Waals surface area contributed by atoms with Crippen molar-refractivity contribution in [3.8, 4) is 0 Å². The molecule has 4 nitrogen and oxygen atoms in total. The molecule has 2 N–H and O–H groups in total. The van der Waals surface area contributed by atoms with Crippen molar-refractivity contribution in [2.24, 2.45) is 16.6 Å². The highest BCUT2D eigenvalue weighted by molar-refractivity contribution is 5.06. The highest BCUT2D eigenvalue weighted by Crippen LogP contribution is 2.49. The van der Waals surface area contributed by atoms with E-state index >= 15 is 0 Å². The molecule has 0 aromatic carbocycles. The van der Waals surface area contributed by atoms with Crippen LogP contribution in [0.4, 0.5) is 0 Å². The van der Waals surface area contributed by atoms with Gasteiger partial charge in [-0.05, 0) is 36.5 Å². The molecular formula is C16H30N4. The summed E-state index contributed by atoms with van der Waals surface area (Å²) in [5.74, 6) is 1.04. The Labute approximate surface area is 123 Å². The van der Waals surface area contributed by atoms with Gasteiger partial charge >= 0.3 is 0 Å². The van der Waals surface area contributed by atoms with Crippen molar-refractivity contribution in [3.05, 3.63) is 12.2 Å². The van der Waals surface area contributed by atoms with Crippen LogP contribution in [-0.4, -0.2) is 20.3 Å². The van der Waals surface area contributed by atoms with E-state index < -0.39 is 0 Å². The van der Waals surface area contributed by atoms with Gasteiger partial charge in [-0.3, -0.25) is 4.68 Å². The number of aryl methyl sites for hydroxylation is 1. The summed E-state index contributed by atoms with van der Waals surface area (Å²) in [6, 6.07) is 0. The third kappa shape index (κ3) is 3.60. The Balaban J connectivity index is 2.19. The van der Waals surface area contributed by atoms with Crippen LogP contribution in [-0.2, 0) is 13.0 Å². The number of nitrogens with zero attached hydrogens (tertiary/aromatic N) is 3. The van der Waals surface area contributed by atoms with Gasteiger partial charge in [-0.15, -0.1) is 0 Å². The first kappa shape index (κ1) is 15.5. The number of hydrogen-bond donors (Lipinski definition) is 1. The van der Waals surface area contributed by atoms with E-state index in [1.807, 2.05) is 4.68 Å². The molecule has 1 aromatic rings. The molecule has 0 amide bonds. The van der Waals surface area contributed by atoms with Gasteiger partial charge in [-0.25, -0.2) is 4.98 Å². The largest absolute Gasteiger partial charge is 0.325 e. The van der Waals surface area contributed by atoms with Crippen LogP contribution in [0, 0.1) is 10.8 Å². The Bertz CT molecular complexity index is 443. The van der Waals surface area contributed by atoms with Crippen molar-refractivity contribution in [1.29, 1.82) is 0 Å². The number of hydrogen-bond acceptors (Lipinski definition) is 3. The monoisotopic (exact) mass is 278 g/mol. The van der Waals surface area contributed by atoms with Crippen LogP contribution in [0.25, 0.3) is 0 Å². The first-order valence-corrected chi connectivity index (χ1v) is 7.80. The van der Waals surface area contributed by atoms with E-state index in [-0.39, 0.29) is 5.54 Å². The number of nitrogens with two attached hydrogens (primary N) is 1. The van der Waals surface area contributed by atoms with Crippen LogP contribution in [0.5, 0.6) is 0 Å². The van der Waals surface area contributed by atoms with Crippen LogP contribution in [0.3, 0.4) is 0 Å². The molecule has 0 saturated heterocycles. The van der Waals surface area contributed by atoms with Gasteiger partial charge in [-0.2, -0.15) is 5.10 Å². The maximum Gasteiger partial charge on any atom is 0.138 e. The molecule has 1 heterocycles. The van der Waals surface area contributed by atoms with E-state index in [0.717, 1.165) is 38.1 Å². The van der Waals surface area contributed by atoms with Gasteiger partial charge in [0.2, 0.25) is 0 Å². The summed E-state index contributed by atoms with van der Waals surface area (Å²) in [4.78, 5) is 4.44. The number of rotatable bonds is 4. The Morgan fingerprint density at radius 2 is 1.75 bits per heavy atom.